The van der Waals surface area contributed by atoms with Gasteiger partial charge in [0.2, 0.25) is 5.95 Å². The lowest BCUT2D eigenvalue weighted by Crippen LogP contribution is -2.36. The molecule has 1 atom stereocenters. The normalized spacial score (nSPS) is 12.8. The Bertz CT molecular complexity index is 713. The number of rotatable bonds is 4. The maximum Gasteiger partial charge on any atom is 0.332 e. The Morgan fingerprint density at radius 2 is 2.05 bits per heavy atom. The molecule has 0 radical (unpaired) electrons. The van der Waals surface area contributed by atoms with Gasteiger partial charge in [-0.2, -0.15) is 4.98 Å². The van der Waals surface area contributed by atoms with E-state index in [0.29, 0.717) is 0 Å². The predicted molar refractivity (Wildman–Crippen MR) is 68.2 cm³/mol. The van der Waals surface area contributed by atoms with Crippen molar-refractivity contribution in [3.8, 4) is 0 Å². The molecule has 2 rings (SSSR count). The average molecular weight is 269 g/mol. The van der Waals surface area contributed by atoms with Gasteiger partial charge >= 0.3 is 5.69 Å². The van der Waals surface area contributed by atoms with E-state index in [4.69, 9.17) is 5.11 Å². The second-order valence-corrected chi connectivity index (χ2v) is 4.21. The van der Waals surface area contributed by atoms with Crippen molar-refractivity contribution in [2.45, 2.75) is 6.10 Å². The molecule has 2 aromatic rings. The van der Waals surface area contributed by atoms with Gasteiger partial charge in [0, 0.05) is 20.6 Å². The Balaban J connectivity index is 2.46. The highest BCUT2D eigenvalue weighted by molar-refractivity contribution is 5.72. The first-order chi connectivity index (χ1) is 8.95. The topological polar surface area (TPSA) is 125 Å². The quantitative estimate of drug-likeness (QED) is 0.496. The van der Waals surface area contributed by atoms with Crippen molar-refractivity contribution in [3.05, 3.63) is 20.8 Å². The summed E-state index contributed by atoms with van der Waals surface area (Å²) < 4.78 is 2.23. The molecule has 1 unspecified atom stereocenters. The Morgan fingerprint density at radius 1 is 1.37 bits per heavy atom. The minimum atomic E-state index is -0.931. The number of imidazole rings is 1. The van der Waals surface area contributed by atoms with Crippen LogP contribution in [0.1, 0.15) is 0 Å². The van der Waals surface area contributed by atoms with Gasteiger partial charge in [-0.15, -0.1) is 0 Å². The number of nitrogens with one attached hydrogen (secondary N) is 2. The van der Waals surface area contributed by atoms with Crippen molar-refractivity contribution in [1.29, 1.82) is 0 Å². The molecular weight excluding hydrogens is 254 g/mol. The van der Waals surface area contributed by atoms with Crippen LogP contribution in [0.15, 0.2) is 9.59 Å². The fraction of sp³-hybridized carbons (Fsp3) is 0.500. The molecule has 0 fully saturated rings. The molecule has 0 spiro atoms. The lowest BCUT2D eigenvalue weighted by Gasteiger charge is -2.06. The van der Waals surface area contributed by atoms with E-state index in [1.807, 2.05) is 0 Å². The first-order valence-corrected chi connectivity index (χ1v) is 5.64. The molecule has 0 aliphatic heterocycles. The van der Waals surface area contributed by atoms with Crippen LogP contribution in [-0.2, 0) is 14.1 Å². The van der Waals surface area contributed by atoms with Crippen LogP contribution >= 0.6 is 0 Å². The third kappa shape index (κ3) is 2.25. The summed E-state index contributed by atoms with van der Waals surface area (Å²) in [5, 5.41) is 20.6. The zero-order valence-corrected chi connectivity index (χ0v) is 10.5. The minimum Gasteiger partial charge on any atom is -0.394 e. The SMILES string of the molecule is Cn1c(=O)c2[nH]c(NCC(O)CO)nc2n(C)c1=O. The molecule has 9 heteroatoms. The highest BCUT2D eigenvalue weighted by atomic mass is 16.3. The fourth-order valence-corrected chi connectivity index (χ4v) is 1.69. The van der Waals surface area contributed by atoms with E-state index in [1.54, 1.807) is 0 Å². The molecule has 0 aliphatic rings. The average Bonchev–Trinajstić information content (AvgIpc) is 2.84. The van der Waals surface area contributed by atoms with E-state index in [-0.39, 0.29) is 30.3 Å². The van der Waals surface area contributed by atoms with E-state index in [0.717, 1.165) is 4.57 Å². The molecule has 4 N–H and O–H groups in total. The largest absolute Gasteiger partial charge is 0.394 e. The number of aryl methyl sites for hydroxylation is 1. The van der Waals surface area contributed by atoms with Crippen molar-refractivity contribution < 1.29 is 10.2 Å². The second kappa shape index (κ2) is 4.86. The first kappa shape index (κ1) is 13.3. The van der Waals surface area contributed by atoms with Crippen LogP contribution in [0.3, 0.4) is 0 Å². The standard InChI is InChI=1S/C10H15N5O4/c1-14-7-6(8(18)15(2)10(14)19)12-9(13-7)11-3-5(17)4-16/h5,16-17H,3-4H2,1-2H3,(H2,11,12,13). The summed E-state index contributed by atoms with van der Waals surface area (Å²) in [5.41, 5.74) is -0.507. The van der Waals surface area contributed by atoms with Gasteiger partial charge in [0.1, 0.15) is 0 Å². The highest BCUT2D eigenvalue weighted by Gasteiger charge is 2.13. The molecular formula is C10H15N5O4. The lowest BCUT2D eigenvalue weighted by atomic mass is 10.4. The number of H-pyrrole nitrogens is 1. The summed E-state index contributed by atoms with van der Waals surface area (Å²) in [6.45, 7) is -0.307. The second-order valence-electron chi connectivity index (χ2n) is 4.21. The fourth-order valence-electron chi connectivity index (χ4n) is 1.69. The van der Waals surface area contributed by atoms with Crippen LogP contribution in [0.5, 0.6) is 0 Å². The molecule has 2 aromatic heterocycles. The van der Waals surface area contributed by atoms with E-state index in [1.165, 1.54) is 18.7 Å². The van der Waals surface area contributed by atoms with Gasteiger partial charge < -0.3 is 20.5 Å². The van der Waals surface area contributed by atoms with Crippen molar-refractivity contribution in [2.24, 2.45) is 14.1 Å². The molecule has 2 heterocycles. The molecule has 9 nitrogen and oxygen atoms in total. The predicted octanol–water partition coefficient (Wildman–Crippen LogP) is -2.27. The highest BCUT2D eigenvalue weighted by Crippen LogP contribution is 2.07. The number of aliphatic hydroxyl groups excluding tert-OH is 2. The number of hydrogen-bond acceptors (Lipinski definition) is 6. The first-order valence-electron chi connectivity index (χ1n) is 5.64. The van der Waals surface area contributed by atoms with E-state index in [9.17, 15) is 14.7 Å². The molecule has 0 aliphatic carbocycles. The van der Waals surface area contributed by atoms with Crippen LogP contribution in [0.4, 0.5) is 5.95 Å². The summed E-state index contributed by atoms with van der Waals surface area (Å²) in [4.78, 5) is 30.4. The Labute approximate surface area is 107 Å². The van der Waals surface area contributed by atoms with Gasteiger partial charge in [0.05, 0.1) is 12.7 Å². The Hall–Kier alpha value is -2.13. The maximum atomic E-state index is 11.9. The van der Waals surface area contributed by atoms with E-state index >= 15 is 0 Å². The van der Waals surface area contributed by atoms with Crippen LogP contribution in [0.25, 0.3) is 11.2 Å². The van der Waals surface area contributed by atoms with Crippen molar-refractivity contribution >= 4 is 17.1 Å². The summed E-state index contributed by atoms with van der Waals surface area (Å²) in [6, 6.07) is 0. The number of nitrogens with zero attached hydrogens (tertiary/aromatic N) is 3. The summed E-state index contributed by atoms with van der Waals surface area (Å²) in [6.07, 6.45) is -0.931. The minimum absolute atomic E-state index is 0.0740. The smallest absolute Gasteiger partial charge is 0.332 e. The zero-order chi connectivity index (χ0) is 14.2. The molecule has 0 saturated heterocycles. The lowest BCUT2D eigenvalue weighted by molar-refractivity contribution is 0.105. The third-order valence-electron chi connectivity index (χ3n) is 2.81. The monoisotopic (exact) mass is 269 g/mol. The van der Waals surface area contributed by atoms with Gasteiger partial charge in [0.15, 0.2) is 11.2 Å². The number of anilines is 1. The van der Waals surface area contributed by atoms with E-state index in [2.05, 4.69) is 15.3 Å². The van der Waals surface area contributed by atoms with Crippen LogP contribution < -0.4 is 16.6 Å². The molecule has 19 heavy (non-hydrogen) atoms. The summed E-state index contributed by atoms with van der Waals surface area (Å²) in [5.74, 6) is 0.251. The van der Waals surface area contributed by atoms with Crippen LogP contribution in [0.2, 0.25) is 0 Å². The Morgan fingerprint density at radius 3 is 2.68 bits per heavy atom. The molecule has 104 valence electrons. The van der Waals surface area contributed by atoms with Crippen molar-refractivity contribution in [1.82, 2.24) is 19.1 Å². The number of hydrogen-bond donors (Lipinski definition) is 4. The molecule has 0 amide bonds. The molecule has 0 saturated carbocycles. The summed E-state index contributed by atoms with van der Waals surface area (Å²) >= 11 is 0. The molecule has 0 aromatic carbocycles. The van der Waals surface area contributed by atoms with Crippen LogP contribution in [-0.4, -0.2) is 48.6 Å². The maximum absolute atomic E-state index is 11.9. The zero-order valence-electron chi connectivity index (χ0n) is 10.5. The number of aliphatic hydroxyl groups is 2. The molecule has 0 bridgehead atoms. The van der Waals surface area contributed by atoms with Gasteiger partial charge in [0.25, 0.3) is 5.56 Å². The number of fused-ring (bicyclic) bond motifs is 1. The van der Waals surface area contributed by atoms with Gasteiger partial charge in [-0.25, -0.2) is 4.79 Å². The number of aromatic nitrogens is 4. The van der Waals surface area contributed by atoms with Crippen LogP contribution in [0, 0.1) is 0 Å². The van der Waals surface area contributed by atoms with Gasteiger partial charge in [-0.3, -0.25) is 13.9 Å². The van der Waals surface area contributed by atoms with Gasteiger partial charge in [-0.05, 0) is 0 Å². The van der Waals surface area contributed by atoms with Crippen molar-refractivity contribution in [2.75, 3.05) is 18.5 Å². The third-order valence-corrected chi connectivity index (χ3v) is 2.81. The Kier molecular flexibility index (Phi) is 3.40. The van der Waals surface area contributed by atoms with Crippen molar-refractivity contribution in [3.63, 3.8) is 0 Å². The van der Waals surface area contributed by atoms with E-state index < -0.39 is 17.4 Å². The number of aromatic amines is 1. The van der Waals surface area contributed by atoms with Gasteiger partial charge in [-0.1, -0.05) is 0 Å². The summed E-state index contributed by atoms with van der Waals surface area (Å²) in [7, 11) is 2.89.